The molecule has 0 aromatic rings. The summed E-state index contributed by atoms with van der Waals surface area (Å²) >= 11 is 0. The van der Waals surface area contributed by atoms with E-state index in [0.717, 1.165) is 0 Å². The molecule has 30 heavy (non-hydrogen) atoms. The molecule has 0 saturated carbocycles. The van der Waals surface area contributed by atoms with E-state index in [-0.39, 0.29) is 18.7 Å². The number of nitrogens with one attached hydrogen (secondary N) is 7. The molecule has 0 unspecified atom stereocenters. The Labute approximate surface area is 178 Å². The van der Waals surface area contributed by atoms with Crippen LogP contribution in [0.1, 0.15) is 19.3 Å². The first-order chi connectivity index (χ1) is 14.4. The highest BCUT2D eigenvalue weighted by Crippen LogP contribution is 2.06. The van der Waals surface area contributed by atoms with Crippen LogP contribution in [0, 0.1) is 0 Å². The summed E-state index contributed by atoms with van der Waals surface area (Å²) in [5, 5.41) is 43.1. The van der Waals surface area contributed by atoms with Crippen molar-refractivity contribution in [2.24, 2.45) is 0 Å². The molecular weight excluding hydrogens is 390 g/mol. The molecule has 2 bridgehead atoms. The Kier molecular flexibility index (Phi) is 10.9. The number of fused-ring (bicyclic) bond motifs is 15. The van der Waals surface area contributed by atoms with E-state index in [0.29, 0.717) is 85.0 Å². The summed E-state index contributed by atoms with van der Waals surface area (Å²) in [5.41, 5.74) is -1.39. The molecule has 0 radical (unpaired) electrons. The molecule has 3 aliphatic heterocycles. The van der Waals surface area contributed by atoms with E-state index in [1.165, 1.54) is 0 Å². The largest absolute Gasteiger partial charge is 0.481 e. The van der Waals surface area contributed by atoms with Gasteiger partial charge in [0.1, 0.15) is 5.60 Å². The molecule has 9 N–H and O–H groups in total. The van der Waals surface area contributed by atoms with E-state index < -0.39 is 17.1 Å². The second-order valence-corrected chi connectivity index (χ2v) is 8.36. The van der Waals surface area contributed by atoms with E-state index in [4.69, 9.17) is 5.11 Å². The summed E-state index contributed by atoms with van der Waals surface area (Å²) in [6.45, 7) is 7.39. The van der Waals surface area contributed by atoms with Gasteiger partial charge in [-0.15, -0.1) is 0 Å². The number of carbonyl (C=O) groups excluding carboxylic acids is 1. The maximum absolute atomic E-state index is 12.6. The van der Waals surface area contributed by atoms with Gasteiger partial charge >= 0.3 is 5.97 Å². The summed E-state index contributed by atoms with van der Waals surface area (Å²) in [6, 6.07) is 0. The van der Waals surface area contributed by atoms with Crippen molar-refractivity contribution in [2.45, 2.75) is 30.4 Å². The van der Waals surface area contributed by atoms with Crippen molar-refractivity contribution in [2.75, 3.05) is 78.5 Å². The van der Waals surface area contributed by atoms with E-state index in [2.05, 4.69) is 37.2 Å². The minimum absolute atomic E-state index is 0.00940. The number of carboxylic acid groups (broad SMARTS) is 1. The smallest absolute Gasteiger partial charge is 0.303 e. The maximum atomic E-state index is 12.6. The van der Waals surface area contributed by atoms with Gasteiger partial charge < -0.3 is 47.4 Å². The van der Waals surface area contributed by atoms with Gasteiger partial charge in [0.05, 0.1) is 5.54 Å². The van der Waals surface area contributed by atoms with Gasteiger partial charge in [-0.25, -0.2) is 0 Å². The molecule has 11 nitrogen and oxygen atoms in total. The predicted molar refractivity (Wildman–Crippen MR) is 115 cm³/mol. The molecule has 0 spiro atoms. The van der Waals surface area contributed by atoms with E-state index in [1.807, 2.05) is 0 Å². The third kappa shape index (κ3) is 9.65. The van der Waals surface area contributed by atoms with Crippen LogP contribution >= 0.6 is 0 Å². The standard InChI is InChI=1S/C19H39N7O4/c27-16(2-1-3-17(28)29)26-18-10-20-4-7-23-13-19(30,14-24-8-5-21-11-18)15-25-9-6-22-12-18/h20-25,30H,1-15H2,(H,26,27)(H,28,29). The highest BCUT2D eigenvalue weighted by atomic mass is 16.4. The highest BCUT2D eigenvalue weighted by Gasteiger charge is 2.32. The molecule has 3 aliphatic rings. The number of carboxylic acids is 1. The van der Waals surface area contributed by atoms with Crippen molar-refractivity contribution in [1.82, 2.24) is 37.2 Å². The SMILES string of the molecule is O=C(O)CCCC(=O)NC12CNCCNCC(O)(CNCCNC1)CNCCNC2. The zero-order valence-corrected chi connectivity index (χ0v) is 17.8. The summed E-state index contributed by atoms with van der Waals surface area (Å²) in [6.07, 6.45) is 0.508. The predicted octanol–water partition coefficient (Wildman–Crippen LogP) is -3.61. The van der Waals surface area contributed by atoms with Crippen LogP contribution in [0.25, 0.3) is 0 Å². The topological polar surface area (TPSA) is 159 Å². The van der Waals surface area contributed by atoms with Crippen LogP contribution in [0.2, 0.25) is 0 Å². The average Bonchev–Trinajstić information content (AvgIpc) is 2.69. The van der Waals surface area contributed by atoms with Crippen LogP contribution in [-0.4, -0.2) is 112 Å². The molecule has 0 atom stereocenters. The number of hydrogen-bond acceptors (Lipinski definition) is 9. The Bertz CT molecular complexity index is 491. The van der Waals surface area contributed by atoms with E-state index >= 15 is 0 Å². The van der Waals surface area contributed by atoms with Gasteiger partial charge in [0.2, 0.25) is 5.91 Å². The zero-order valence-electron chi connectivity index (χ0n) is 17.8. The molecule has 0 aromatic heterocycles. The van der Waals surface area contributed by atoms with Crippen LogP contribution < -0.4 is 37.2 Å². The first-order valence-electron chi connectivity index (χ1n) is 10.9. The maximum Gasteiger partial charge on any atom is 0.303 e. The molecule has 11 heteroatoms. The van der Waals surface area contributed by atoms with Crippen LogP contribution in [0.15, 0.2) is 0 Å². The number of amides is 1. The lowest BCUT2D eigenvalue weighted by Crippen LogP contribution is -2.66. The van der Waals surface area contributed by atoms with Crippen LogP contribution in [0.5, 0.6) is 0 Å². The summed E-state index contributed by atoms with van der Waals surface area (Å²) < 4.78 is 0. The van der Waals surface area contributed by atoms with Gasteiger partial charge in [0, 0.05) is 91.4 Å². The average molecular weight is 430 g/mol. The Morgan fingerprint density at radius 1 is 0.700 bits per heavy atom. The fourth-order valence-electron chi connectivity index (χ4n) is 3.74. The van der Waals surface area contributed by atoms with E-state index in [9.17, 15) is 14.7 Å². The van der Waals surface area contributed by atoms with Crippen LogP contribution in [0.3, 0.4) is 0 Å². The fourth-order valence-corrected chi connectivity index (χ4v) is 3.74. The molecule has 3 heterocycles. The van der Waals surface area contributed by atoms with Gasteiger partial charge in [0.15, 0.2) is 0 Å². The Morgan fingerprint density at radius 2 is 1.10 bits per heavy atom. The molecule has 0 aliphatic carbocycles. The molecule has 1 amide bonds. The molecular formula is C19H39N7O4. The normalized spacial score (nSPS) is 30.2. The van der Waals surface area contributed by atoms with Gasteiger partial charge in [-0.3, -0.25) is 9.59 Å². The Hall–Kier alpha value is -1.34. The van der Waals surface area contributed by atoms with Crippen molar-refractivity contribution in [1.29, 1.82) is 0 Å². The van der Waals surface area contributed by atoms with Gasteiger partial charge in [0.25, 0.3) is 0 Å². The Balaban J connectivity index is 2.07. The second-order valence-electron chi connectivity index (χ2n) is 8.36. The second kappa shape index (κ2) is 13.2. The molecule has 3 rings (SSSR count). The third-order valence-electron chi connectivity index (χ3n) is 5.39. The lowest BCUT2D eigenvalue weighted by molar-refractivity contribution is -0.137. The number of hydrogen-bond donors (Lipinski definition) is 9. The summed E-state index contributed by atoms with van der Waals surface area (Å²) in [4.78, 5) is 23.3. The lowest BCUT2D eigenvalue weighted by Gasteiger charge is -2.37. The van der Waals surface area contributed by atoms with Crippen molar-refractivity contribution in [3.05, 3.63) is 0 Å². The lowest BCUT2D eigenvalue weighted by atomic mass is 9.97. The third-order valence-corrected chi connectivity index (χ3v) is 5.39. The summed E-state index contributed by atoms with van der Waals surface area (Å²) in [5.74, 6) is -1.02. The Morgan fingerprint density at radius 3 is 1.50 bits per heavy atom. The molecule has 0 aromatic carbocycles. The van der Waals surface area contributed by atoms with E-state index in [1.54, 1.807) is 0 Å². The summed E-state index contributed by atoms with van der Waals surface area (Å²) in [7, 11) is 0. The first kappa shape index (κ1) is 24.9. The molecule has 3 fully saturated rings. The van der Waals surface area contributed by atoms with Crippen molar-refractivity contribution in [3.8, 4) is 0 Å². The van der Waals surface area contributed by atoms with Crippen LogP contribution in [-0.2, 0) is 9.59 Å². The highest BCUT2D eigenvalue weighted by molar-refractivity contribution is 5.77. The number of aliphatic hydroxyl groups is 1. The van der Waals surface area contributed by atoms with Crippen molar-refractivity contribution >= 4 is 11.9 Å². The monoisotopic (exact) mass is 429 g/mol. The van der Waals surface area contributed by atoms with Gasteiger partial charge in [-0.2, -0.15) is 0 Å². The number of aliphatic carboxylic acids is 1. The minimum atomic E-state index is -0.888. The molecule has 3 saturated heterocycles. The van der Waals surface area contributed by atoms with Crippen molar-refractivity contribution in [3.63, 3.8) is 0 Å². The fraction of sp³-hybridized carbons (Fsp3) is 0.895. The quantitative estimate of drug-likeness (QED) is 0.214. The number of rotatable bonds is 5. The molecule has 174 valence electrons. The van der Waals surface area contributed by atoms with Gasteiger partial charge in [-0.05, 0) is 6.42 Å². The van der Waals surface area contributed by atoms with Crippen LogP contribution in [0.4, 0.5) is 0 Å². The first-order valence-corrected chi connectivity index (χ1v) is 10.9. The van der Waals surface area contributed by atoms with Gasteiger partial charge in [-0.1, -0.05) is 0 Å². The zero-order chi connectivity index (χ0) is 21.7. The minimum Gasteiger partial charge on any atom is -0.481 e. The van der Waals surface area contributed by atoms with Crippen molar-refractivity contribution < 1.29 is 19.8 Å². The number of carbonyl (C=O) groups is 2.